The monoisotopic (exact) mass is 305 g/mol. The molecule has 0 bridgehead atoms. The van der Waals surface area contributed by atoms with Gasteiger partial charge in [-0.2, -0.15) is 8.78 Å². The number of alkyl halides is 2. The third kappa shape index (κ3) is 4.83. The predicted octanol–water partition coefficient (Wildman–Crippen LogP) is 3.71. The van der Waals surface area contributed by atoms with E-state index in [0.29, 0.717) is 12.1 Å². The van der Waals surface area contributed by atoms with E-state index in [-0.39, 0.29) is 11.8 Å². The smallest absolute Gasteiger partial charge is 0.387 e. The van der Waals surface area contributed by atoms with Gasteiger partial charge in [0.15, 0.2) is 0 Å². The van der Waals surface area contributed by atoms with Crippen LogP contribution in [0.3, 0.4) is 0 Å². The number of benzene rings is 1. The Hall–Kier alpha value is -0.940. The maximum absolute atomic E-state index is 12.2. The molecule has 0 radical (unpaired) electrons. The summed E-state index contributed by atoms with van der Waals surface area (Å²) in [5.74, 6) is 0.187. The highest BCUT2D eigenvalue weighted by molar-refractivity contribution is 9.10. The lowest BCUT2D eigenvalue weighted by atomic mass is 10.2. The van der Waals surface area contributed by atoms with Crippen molar-refractivity contribution in [2.24, 2.45) is 0 Å². The van der Waals surface area contributed by atoms with E-state index in [2.05, 4.69) is 32.6 Å². The molecule has 1 aromatic rings. The molecular formula is C12H14BrF2NO. The normalized spacial score (nSPS) is 12.5. The highest BCUT2D eigenvalue weighted by atomic mass is 79.9. The van der Waals surface area contributed by atoms with Gasteiger partial charge < -0.3 is 10.1 Å². The standard InChI is InChI=1S/C12H14BrF2NO/c1-3-8(2)16-7-9-6-10(13)4-5-11(9)17-12(14)15/h3-6,8,12,16H,1,7H2,2H3. The molecule has 1 N–H and O–H groups in total. The van der Waals surface area contributed by atoms with Gasteiger partial charge in [0.2, 0.25) is 0 Å². The Balaban J connectivity index is 2.79. The number of hydrogen-bond acceptors (Lipinski definition) is 2. The quantitative estimate of drug-likeness (QED) is 0.809. The average molecular weight is 306 g/mol. The Kier molecular flexibility index (Phi) is 5.58. The van der Waals surface area contributed by atoms with Crippen molar-refractivity contribution in [1.82, 2.24) is 5.32 Å². The highest BCUT2D eigenvalue weighted by Gasteiger charge is 2.10. The minimum Gasteiger partial charge on any atom is -0.434 e. The summed E-state index contributed by atoms with van der Waals surface area (Å²) >= 11 is 3.30. The molecule has 0 fully saturated rings. The average Bonchev–Trinajstić information content (AvgIpc) is 2.28. The first-order chi connectivity index (χ1) is 8.02. The minimum atomic E-state index is -2.81. The van der Waals surface area contributed by atoms with Crippen LogP contribution in [-0.2, 0) is 6.54 Å². The van der Waals surface area contributed by atoms with Crippen molar-refractivity contribution in [2.45, 2.75) is 26.1 Å². The fourth-order valence-electron chi connectivity index (χ4n) is 1.25. The van der Waals surface area contributed by atoms with Gasteiger partial charge in [-0.3, -0.25) is 0 Å². The lowest BCUT2D eigenvalue weighted by molar-refractivity contribution is -0.0505. The minimum absolute atomic E-state index is 0.105. The summed E-state index contributed by atoms with van der Waals surface area (Å²) < 4.78 is 29.7. The van der Waals surface area contributed by atoms with E-state index in [4.69, 9.17) is 0 Å². The van der Waals surface area contributed by atoms with E-state index in [1.54, 1.807) is 18.2 Å². The third-order valence-electron chi connectivity index (χ3n) is 2.21. The molecular weight excluding hydrogens is 292 g/mol. The maximum Gasteiger partial charge on any atom is 0.387 e. The zero-order valence-electron chi connectivity index (χ0n) is 9.42. The first-order valence-electron chi connectivity index (χ1n) is 5.12. The van der Waals surface area contributed by atoms with Crippen molar-refractivity contribution in [2.75, 3.05) is 0 Å². The van der Waals surface area contributed by atoms with Crippen molar-refractivity contribution in [3.63, 3.8) is 0 Å². The largest absolute Gasteiger partial charge is 0.434 e. The summed E-state index contributed by atoms with van der Waals surface area (Å²) in [5.41, 5.74) is 0.674. The van der Waals surface area contributed by atoms with Crippen molar-refractivity contribution < 1.29 is 13.5 Å². The second-order valence-corrected chi connectivity index (χ2v) is 4.45. The molecule has 0 saturated carbocycles. The molecule has 17 heavy (non-hydrogen) atoms. The number of rotatable bonds is 6. The Morgan fingerprint density at radius 1 is 1.53 bits per heavy atom. The van der Waals surface area contributed by atoms with Crippen LogP contribution in [0.1, 0.15) is 12.5 Å². The SMILES string of the molecule is C=CC(C)NCc1cc(Br)ccc1OC(F)F. The summed E-state index contributed by atoms with van der Waals surface area (Å²) in [5, 5.41) is 3.13. The van der Waals surface area contributed by atoms with E-state index >= 15 is 0 Å². The van der Waals surface area contributed by atoms with Gasteiger partial charge >= 0.3 is 6.61 Å². The van der Waals surface area contributed by atoms with Gasteiger partial charge in [0.1, 0.15) is 5.75 Å². The first kappa shape index (κ1) is 14.1. The summed E-state index contributed by atoms with van der Waals surface area (Å²) in [4.78, 5) is 0. The summed E-state index contributed by atoms with van der Waals surface area (Å²) in [7, 11) is 0. The molecule has 0 aliphatic heterocycles. The second kappa shape index (κ2) is 6.71. The molecule has 0 spiro atoms. The van der Waals surface area contributed by atoms with E-state index in [1.807, 2.05) is 6.92 Å². The van der Waals surface area contributed by atoms with Gasteiger partial charge in [0, 0.05) is 22.6 Å². The van der Waals surface area contributed by atoms with Crippen LogP contribution in [0.15, 0.2) is 35.3 Å². The van der Waals surface area contributed by atoms with Gasteiger partial charge in [-0.05, 0) is 25.1 Å². The molecule has 0 aromatic heterocycles. The van der Waals surface area contributed by atoms with Crippen molar-refractivity contribution in [3.05, 3.63) is 40.9 Å². The van der Waals surface area contributed by atoms with Crippen LogP contribution >= 0.6 is 15.9 Å². The highest BCUT2D eigenvalue weighted by Crippen LogP contribution is 2.24. The Morgan fingerprint density at radius 3 is 2.82 bits per heavy atom. The van der Waals surface area contributed by atoms with Crippen LogP contribution in [0.25, 0.3) is 0 Å². The Labute approximate surface area is 108 Å². The molecule has 0 aliphatic rings. The number of hydrogen-bond donors (Lipinski definition) is 1. The topological polar surface area (TPSA) is 21.3 Å². The van der Waals surface area contributed by atoms with Crippen LogP contribution in [0, 0.1) is 0 Å². The maximum atomic E-state index is 12.2. The fourth-order valence-corrected chi connectivity index (χ4v) is 1.66. The van der Waals surface area contributed by atoms with Gasteiger partial charge in [-0.15, -0.1) is 6.58 Å². The number of ether oxygens (including phenoxy) is 1. The van der Waals surface area contributed by atoms with Gasteiger partial charge in [0.05, 0.1) is 0 Å². The molecule has 5 heteroatoms. The second-order valence-electron chi connectivity index (χ2n) is 3.54. The summed E-state index contributed by atoms with van der Waals surface area (Å²) in [6.45, 7) is 3.19. The van der Waals surface area contributed by atoms with Crippen LogP contribution < -0.4 is 10.1 Å². The third-order valence-corrected chi connectivity index (χ3v) is 2.70. The summed E-state index contributed by atoms with van der Waals surface area (Å²) in [6, 6.07) is 5.04. The zero-order valence-corrected chi connectivity index (χ0v) is 11.0. The first-order valence-corrected chi connectivity index (χ1v) is 5.91. The number of nitrogens with one attached hydrogen (secondary N) is 1. The van der Waals surface area contributed by atoms with Crippen LogP contribution in [0.5, 0.6) is 5.75 Å². The van der Waals surface area contributed by atoms with Crippen molar-refractivity contribution >= 4 is 15.9 Å². The molecule has 0 heterocycles. The lowest BCUT2D eigenvalue weighted by Crippen LogP contribution is -2.23. The lowest BCUT2D eigenvalue weighted by Gasteiger charge is -2.14. The Morgan fingerprint density at radius 2 is 2.24 bits per heavy atom. The molecule has 1 unspecified atom stereocenters. The zero-order chi connectivity index (χ0) is 12.8. The van der Waals surface area contributed by atoms with Crippen LogP contribution in [0.4, 0.5) is 8.78 Å². The molecule has 0 saturated heterocycles. The number of halogens is 3. The van der Waals surface area contributed by atoms with Gasteiger partial charge in [-0.25, -0.2) is 0 Å². The van der Waals surface area contributed by atoms with Crippen LogP contribution in [0.2, 0.25) is 0 Å². The van der Waals surface area contributed by atoms with Gasteiger partial charge in [0.25, 0.3) is 0 Å². The molecule has 1 aromatic carbocycles. The van der Waals surface area contributed by atoms with Crippen molar-refractivity contribution in [3.8, 4) is 5.75 Å². The van der Waals surface area contributed by atoms with Crippen LogP contribution in [-0.4, -0.2) is 12.7 Å². The fraction of sp³-hybridized carbons (Fsp3) is 0.333. The molecule has 0 aliphatic carbocycles. The molecule has 2 nitrogen and oxygen atoms in total. The molecule has 1 rings (SSSR count). The molecule has 1 atom stereocenters. The Bertz CT molecular complexity index is 385. The predicted molar refractivity (Wildman–Crippen MR) is 67.3 cm³/mol. The van der Waals surface area contributed by atoms with E-state index in [9.17, 15) is 8.78 Å². The van der Waals surface area contributed by atoms with E-state index < -0.39 is 6.61 Å². The molecule has 94 valence electrons. The summed E-state index contributed by atoms with van der Waals surface area (Å²) in [6.07, 6.45) is 1.74. The van der Waals surface area contributed by atoms with Gasteiger partial charge in [-0.1, -0.05) is 22.0 Å². The van der Waals surface area contributed by atoms with E-state index in [0.717, 1.165) is 4.47 Å². The van der Waals surface area contributed by atoms with Crippen molar-refractivity contribution in [1.29, 1.82) is 0 Å². The van der Waals surface area contributed by atoms with E-state index in [1.165, 1.54) is 6.07 Å². The molecule has 0 amide bonds.